The van der Waals surface area contributed by atoms with Gasteiger partial charge in [-0.2, -0.15) is 5.26 Å². The van der Waals surface area contributed by atoms with Crippen molar-refractivity contribution in [3.05, 3.63) is 72.2 Å². The van der Waals surface area contributed by atoms with Crippen molar-refractivity contribution in [3.63, 3.8) is 0 Å². The Morgan fingerprint density at radius 1 is 1.06 bits per heavy atom. The van der Waals surface area contributed by atoms with E-state index in [1.807, 2.05) is 24.3 Å². The molecule has 0 radical (unpaired) electrons. The van der Waals surface area contributed by atoms with Crippen LogP contribution in [0.15, 0.2) is 61.1 Å². The zero-order valence-electron chi connectivity index (χ0n) is 17.4. The van der Waals surface area contributed by atoms with E-state index in [-0.39, 0.29) is 0 Å². The molecule has 2 aliphatic rings. The van der Waals surface area contributed by atoms with Crippen LogP contribution in [0.1, 0.15) is 24.5 Å². The molecule has 0 amide bonds. The number of fused-ring (bicyclic) bond motifs is 5. The molecule has 4 heterocycles. The summed E-state index contributed by atoms with van der Waals surface area (Å²) < 4.78 is 4.35. The predicted octanol–water partition coefficient (Wildman–Crippen LogP) is 4.48. The number of hydrogen-bond donors (Lipinski definition) is 0. The van der Waals surface area contributed by atoms with E-state index in [4.69, 9.17) is 5.26 Å². The number of nitriles is 1. The minimum absolute atomic E-state index is 0.668. The molecule has 152 valence electrons. The van der Waals surface area contributed by atoms with Crippen LogP contribution >= 0.6 is 0 Å². The summed E-state index contributed by atoms with van der Waals surface area (Å²) in [5, 5.41) is 17.7. The van der Waals surface area contributed by atoms with Gasteiger partial charge in [0.2, 0.25) is 0 Å². The molecule has 2 aliphatic heterocycles. The van der Waals surface area contributed by atoms with Crippen LogP contribution in [0.2, 0.25) is 0 Å². The fourth-order valence-corrected chi connectivity index (χ4v) is 4.79. The highest BCUT2D eigenvalue weighted by molar-refractivity contribution is 5.72. The molecule has 0 N–H and O–H groups in total. The van der Waals surface area contributed by atoms with Gasteiger partial charge in [-0.25, -0.2) is 0 Å². The molecule has 0 saturated carbocycles. The van der Waals surface area contributed by atoms with Gasteiger partial charge < -0.3 is 9.47 Å². The first-order valence-electron chi connectivity index (χ1n) is 10.7. The highest BCUT2D eigenvalue weighted by Crippen LogP contribution is 2.35. The van der Waals surface area contributed by atoms with Crippen molar-refractivity contribution < 1.29 is 0 Å². The molecule has 0 aliphatic carbocycles. The van der Waals surface area contributed by atoms with Crippen molar-refractivity contribution in [2.24, 2.45) is 5.92 Å². The Morgan fingerprint density at radius 2 is 1.94 bits per heavy atom. The molecule has 0 bridgehead atoms. The number of aromatic nitrogens is 4. The second-order valence-electron chi connectivity index (χ2n) is 8.61. The van der Waals surface area contributed by atoms with Gasteiger partial charge in [0.15, 0.2) is 5.82 Å². The summed E-state index contributed by atoms with van der Waals surface area (Å²) in [6.07, 6.45) is 5.23. The normalized spacial score (nSPS) is 16.9. The summed E-state index contributed by atoms with van der Waals surface area (Å²) in [6, 6.07) is 18.8. The lowest BCUT2D eigenvalue weighted by atomic mass is 10.1. The van der Waals surface area contributed by atoms with E-state index in [2.05, 4.69) is 67.7 Å². The molecule has 31 heavy (non-hydrogen) atoms. The lowest BCUT2D eigenvalue weighted by Crippen LogP contribution is -2.19. The van der Waals surface area contributed by atoms with Crippen molar-refractivity contribution in [1.29, 1.82) is 5.26 Å². The lowest BCUT2D eigenvalue weighted by Gasteiger charge is -2.20. The zero-order valence-corrected chi connectivity index (χ0v) is 17.4. The molecule has 1 atom stereocenters. The first-order chi connectivity index (χ1) is 15.2. The van der Waals surface area contributed by atoms with Gasteiger partial charge in [0, 0.05) is 37.1 Å². The van der Waals surface area contributed by atoms with Gasteiger partial charge in [-0.3, -0.25) is 4.57 Å². The van der Waals surface area contributed by atoms with Crippen molar-refractivity contribution in [1.82, 2.24) is 19.3 Å². The van der Waals surface area contributed by atoms with Crippen molar-refractivity contribution in [2.45, 2.75) is 19.9 Å². The van der Waals surface area contributed by atoms with Crippen LogP contribution in [0.5, 0.6) is 0 Å². The van der Waals surface area contributed by atoms with Crippen LogP contribution in [0.25, 0.3) is 28.3 Å². The van der Waals surface area contributed by atoms with Crippen LogP contribution in [0.4, 0.5) is 5.69 Å². The summed E-state index contributed by atoms with van der Waals surface area (Å²) in [5.41, 5.74) is 7.61. The predicted molar refractivity (Wildman–Crippen MR) is 120 cm³/mol. The minimum atomic E-state index is 0.668. The van der Waals surface area contributed by atoms with E-state index in [1.54, 1.807) is 6.33 Å². The Balaban J connectivity index is 1.44. The average Bonchev–Trinajstić information content (AvgIpc) is 3.52. The van der Waals surface area contributed by atoms with Crippen molar-refractivity contribution >= 4 is 5.69 Å². The number of benzene rings is 2. The summed E-state index contributed by atoms with van der Waals surface area (Å²) in [5.74, 6) is 1.59. The van der Waals surface area contributed by atoms with E-state index < -0.39 is 0 Å². The summed E-state index contributed by atoms with van der Waals surface area (Å²) in [7, 11) is 0. The van der Waals surface area contributed by atoms with Gasteiger partial charge in [-0.15, -0.1) is 10.2 Å². The average molecular weight is 406 g/mol. The third-order valence-electron chi connectivity index (χ3n) is 6.47. The first-order valence-corrected chi connectivity index (χ1v) is 10.7. The van der Waals surface area contributed by atoms with Crippen molar-refractivity contribution in [2.75, 3.05) is 18.0 Å². The molecule has 0 unspecified atom stereocenters. The van der Waals surface area contributed by atoms with E-state index in [0.29, 0.717) is 5.56 Å². The van der Waals surface area contributed by atoms with E-state index in [9.17, 15) is 0 Å². The molecule has 1 fully saturated rings. The first kappa shape index (κ1) is 18.0. The van der Waals surface area contributed by atoms with Gasteiger partial charge in [-0.05, 0) is 59.9 Å². The van der Waals surface area contributed by atoms with Crippen molar-refractivity contribution in [3.8, 4) is 34.4 Å². The molecule has 2 aromatic carbocycles. The third-order valence-corrected chi connectivity index (χ3v) is 6.47. The van der Waals surface area contributed by atoms with Crippen LogP contribution in [0.3, 0.4) is 0 Å². The maximum atomic E-state index is 9.08. The van der Waals surface area contributed by atoms with Gasteiger partial charge in [-0.1, -0.05) is 19.1 Å². The van der Waals surface area contributed by atoms with Crippen LogP contribution in [-0.4, -0.2) is 32.4 Å². The quantitative estimate of drug-likeness (QED) is 0.434. The molecule has 6 rings (SSSR count). The SMILES string of the molecule is C[C@H]1CCN(c2ccc3c(c2)Cn2cc(-c4ccc(C#N)cc4)cc2-c2nncn2-3)C1. The maximum Gasteiger partial charge on any atom is 0.185 e. The standard InChI is InChI=1S/C25H22N6/c1-17-8-9-29(13-17)22-6-7-23-21(10-22)15-30-14-20(19-4-2-18(12-26)3-5-19)11-24(30)25-28-27-16-31(23)25/h2-7,10-11,14,16-17H,8-9,13,15H2,1H3/t17-/m0/s1. The maximum absolute atomic E-state index is 9.08. The molecule has 6 nitrogen and oxygen atoms in total. The smallest absolute Gasteiger partial charge is 0.185 e. The molecular formula is C25H22N6. The minimum Gasteiger partial charge on any atom is -0.371 e. The Morgan fingerprint density at radius 3 is 2.71 bits per heavy atom. The second kappa shape index (κ2) is 6.85. The number of nitrogens with zero attached hydrogens (tertiary/aromatic N) is 6. The molecule has 1 saturated heterocycles. The van der Waals surface area contributed by atoms with Crippen LogP contribution in [-0.2, 0) is 6.54 Å². The second-order valence-corrected chi connectivity index (χ2v) is 8.61. The number of anilines is 1. The van der Waals surface area contributed by atoms with E-state index >= 15 is 0 Å². The fraction of sp³-hybridized carbons (Fsp3) is 0.240. The number of hydrogen-bond acceptors (Lipinski definition) is 4. The molecular weight excluding hydrogens is 384 g/mol. The highest BCUT2D eigenvalue weighted by Gasteiger charge is 2.24. The van der Waals surface area contributed by atoms with E-state index in [0.717, 1.165) is 53.9 Å². The summed E-state index contributed by atoms with van der Waals surface area (Å²) in [6.45, 7) is 5.34. The molecule has 0 spiro atoms. The van der Waals surface area contributed by atoms with Gasteiger partial charge in [0.05, 0.1) is 23.0 Å². The topological polar surface area (TPSA) is 62.7 Å². The van der Waals surface area contributed by atoms with Crippen LogP contribution in [0, 0.1) is 17.2 Å². The number of rotatable bonds is 2. The highest BCUT2D eigenvalue weighted by atomic mass is 15.3. The van der Waals surface area contributed by atoms with E-state index in [1.165, 1.54) is 17.7 Å². The van der Waals surface area contributed by atoms with Gasteiger partial charge >= 0.3 is 0 Å². The molecule has 6 heteroatoms. The largest absolute Gasteiger partial charge is 0.371 e. The monoisotopic (exact) mass is 406 g/mol. The lowest BCUT2D eigenvalue weighted by molar-refractivity contribution is 0.659. The Labute approximate surface area is 181 Å². The molecule has 2 aromatic heterocycles. The fourth-order valence-electron chi connectivity index (χ4n) is 4.79. The Kier molecular flexibility index (Phi) is 3.97. The third kappa shape index (κ3) is 2.93. The van der Waals surface area contributed by atoms with Crippen LogP contribution < -0.4 is 4.90 Å². The summed E-state index contributed by atoms with van der Waals surface area (Å²) >= 11 is 0. The van der Waals surface area contributed by atoms with Gasteiger partial charge in [0.25, 0.3) is 0 Å². The zero-order chi connectivity index (χ0) is 20.9. The Bertz CT molecular complexity index is 1320. The Hall–Kier alpha value is -3.85. The van der Waals surface area contributed by atoms with Gasteiger partial charge in [0.1, 0.15) is 6.33 Å². The summed E-state index contributed by atoms with van der Waals surface area (Å²) in [4.78, 5) is 2.49. The molecule has 4 aromatic rings.